The maximum absolute atomic E-state index is 12.8. The van der Waals surface area contributed by atoms with Crippen molar-refractivity contribution in [1.82, 2.24) is 14.9 Å². The number of aromatic amines is 1. The van der Waals surface area contributed by atoms with Crippen molar-refractivity contribution in [3.63, 3.8) is 0 Å². The molecule has 2 fully saturated rings. The SMILES string of the molecule is NC1OC1C1OC2(CCN(Cc3ncc(C(F)(F)F)[nH]3)CC2)c2cc(Cl)ccc21. The smallest absolute Gasteiger partial charge is 0.359 e. The highest BCUT2D eigenvalue weighted by Crippen LogP contribution is 2.53. The Morgan fingerprint density at radius 3 is 2.66 bits per heavy atom. The lowest BCUT2D eigenvalue weighted by Crippen LogP contribution is -2.42. The summed E-state index contributed by atoms with van der Waals surface area (Å²) in [6.07, 6.45) is -2.88. The predicted octanol–water partition coefficient (Wildman–Crippen LogP) is 3.33. The lowest BCUT2D eigenvalue weighted by atomic mass is 9.83. The number of hydrogen-bond donors (Lipinski definition) is 2. The molecule has 3 aliphatic rings. The summed E-state index contributed by atoms with van der Waals surface area (Å²) in [5, 5.41) is 0.645. The molecule has 0 aliphatic carbocycles. The topological polar surface area (TPSA) is 79.7 Å². The summed E-state index contributed by atoms with van der Waals surface area (Å²) in [7, 11) is 0. The molecule has 3 atom stereocenters. The molecule has 0 bridgehead atoms. The van der Waals surface area contributed by atoms with E-state index in [9.17, 15) is 13.2 Å². The molecule has 0 radical (unpaired) electrons. The molecule has 2 saturated heterocycles. The van der Waals surface area contributed by atoms with Gasteiger partial charge in [0.2, 0.25) is 0 Å². The van der Waals surface area contributed by atoms with Gasteiger partial charge in [0.1, 0.15) is 30.0 Å². The first kappa shape index (κ1) is 19.3. The Bertz CT molecular complexity index is 926. The van der Waals surface area contributed by atoms with Crippen molar-refractivity contribution in [2.45, 2.75) is 49.6 Å². The number of alkyl halides is 3. The number of epoxide rings is 1. The fourth-order valence-corrected chi connectivity index (χ4v) is 4.60. The van der Waals surface area contributed by atoms with Gasteiger partial charge in [-0.15, -0.1) is 0 Å². The van der Waals surface area contributed by atoms with Gasteiger partial charge in [0.05, 0.1) is 18.3 Å². The number of likely N-dealkylation sites (tertiary alicyclic amines) is 1. The molecule has 156 valence electrons. The number of ether oxygens (including phenoxy) is 2. The van der Waals surface area contributed by atoms with Crippen LogP contribution in [0.4, 0.5) is 13.2 Å². The van der Waals surface area contributed by atoms with Crippen LogP contribution in [0.3, 0.4) is 0 Å². The Kier molecular flexibility index (Phi) is 4.45. The van der Waals surface area contributed by atoms with Crippen molar-refractivity contribution in [2.75, 3.05) is 13.1 Å². The maximum Gasteiger partial charge on any atom is 0.432 e. The predicted molar refractivity (Wildman–Crippen MR) is 97.9 cm³/mol. The summed E-state index contributed by atoms with van der Waals surface area (Å²) in [5.41, 5.74) is 6.68. The average molecular weight is 429 g/mol. The lowest BCUT2D eigenvalue weighted by Gasteiger charge is -2.39. The van der Waals surface area contributed by atoms with E-state index in [1.54, 1.807) is 0 Å². The van der Waals surface area contributed by atoms with Crippen LogP contribution in [0.2, 0.25) is 5.02 Å². The number of piperidine rings is 1. The van der Waals surface area contributed by atoms with Crippen LogP contribution in [0.5, 0.6) is 0 Å². The Morgan fingerprint density at radius 2 is 2.03 bits per heavy atom. The number of nitrogens with one attached hydrogen (secondary N) is 1. The molecule has 6 nitrogen and oxygen atoms in total. The summed E-state index contributed by atoms with van der Waals surface area (Å²) in [4.78, 5) is 8.31. The highest BCUT2D eigenvalue weighted by atomic mass is 35.5. The van der Waals surface area contributed by atoms with Gasteiger partial charge >= 0.3 is 6.18 Å². The number of aromatic nitrogens is 2. The zero-order chi connectivity index (χ0) is 20.4. The molecule has 1 aromatic heterocycles. The van der Waals surface area contributed by atoms with Crippen LogP contribution in [-0.4, -0.2) is 40.3 Å². The highest BCUT2D eigenvalue weighted by Gasteiger charge is 2.54. The monoisotopic (exact) mass is 428 g/mol. The number of fused-ring (bicyclic) bond motifs is 2. The minimum atomic E-state index is -4.42. The fraction of sp³-hybridized carbons (Fsp3) is 0.526. The van der Waals surface area contributed by atoms with E-state index in [0.717, 1.165) is 17.3 Å². The number of nitrogens with zero attached hydrogens (tertiary/aromatic N) is 2. The molecule has 10 heteroatoms. The summed E-state index contributed by atoms with van der Waals surface area (Å²) in [5.74, 6) is 0.305. The molecule has 3 unspecified atom stereocenters. The van der Waals surface area contributed by atoms with Gasteiger partial charge in [-0.05, 0) is 36.1 Å². The van der Waals surface area contributed by atoms with Gasteiger partial charge in [0, 0.05) is 18.1 Å². The maximum atomic E-state index is 12.8. The van der Waals surface area contributed by atoms with Gasteiger partial charge in [0.15, 0.2) is 0 Å². The molecular weight excluding hydrogens is 409 g/mol. The van der Waals surface area contributed by atoms with Crippen LogP contribution in [0.1, 0.15) is 41.6 Å². The molecule has 1 spiro atoms. The first-order chi connectivity index (χ1) is 13.7. The number of hydrogen-bond acceptors (Lipinski definition) is 5. The quantitative estimate of drug-likeness (QED) is 0.733. The van der Waals surface area contributed by atoms with E-state index < -0.39 is 17.5 Å². The molecule has 0 amide bonds. The van der Waals surface area contributed by atoms with Gasteiger partial charge in [0.25, 0.3) is 0 Å². The van der Waals surface area contributed by atoms with Gasteiger partial charge in [-0.25, -0.2) is 4.98 Å². The average Bonchev–Trinajstić information content (AvgIpc) is 3.08. The van der Waals surface area contributed by atoms with Crippen molar-refractivity contribution >= 4 is 11.6 Å². The lowest BCUT2D eigenvalue weighted by molar-refractivity contribution is -0.141. The summed E-state index contributed by atoms with van der Waals surface area (Å²) < 4.78 is 50.2. The van der Waals surface area contributed by atoms with Crippen LogP contribution in [0.25, 0.3) is 0 Å². The molecule has 3 aliphatic heterocycles. The van der Waals surface area contributed by atoms with E-state index in [2.05, 4.69) is 14.9 Å². The second-order valence-corrected chi connectivity index (χ2v) is 8.28. The van der Waals surface area contributed by atoms with Crippen molar-refractivity contribution in [3.8, 4) is 0 Å². The second-order valence-electron chi connectivity index (χ2n) is 7.85. The third kappa shape index (κ3) is 3.44. The third-order valence-corrected chi connectivity index (χ3v) is 6.23. The zero-order valence-corrected chi connectivity index (χ0v) is 16.1. The van der Waals surface area contributed by atoms with E-state index in [1.807, 2.05) is 18.2 Å². The highest BCUT2D eigenvalue weighted by molar-refractivity contribution is 6.30. The number of nitrogens with two attached hydrogens (primary N) is 1. The normalized spacial score (nSPS) is 28.7. The molecular formula is C19H20ClF3N4O2. The van der Waals surface area contributed by atoms with Gasteiger partial charge in [-0.1, -0.05) is 17.7 Å². The minimum absolute atomic E-state index is 0.156. The second kappa shape index (κ2) is 6.68. The fourth-order valence-electron chi connectivity index (χ4n) is 4.42. The molecule has 4 heterocycles. The van der Waals surface area contributed by atoms with Crippen LogP contribution >= 0.6 is 11.6 Å². The van der Waals surface area contributed by atoms with Gasteiger partial charge in [-0.2, -0.15) is 13.2 Å². The van der Waals surface area contributed by atoms with Crippen LogP contribution in [-0.2, 0) is 27.8 Å². The number of rotatable bonds is 3. The molecule has 29 heavy (non-hydrogen) atoms. The molecule has 0 saturated carbocycles. The number of imidazole rings is 1. The largest absolute Gasteiger partial charge is 0.432 e. The van der Waals surface area contributed by atoms with Crippen molar-refractivity contribution in [3.05, 3.63) is 52.1 Å². The standard InChI is InChI=1S/C19H20ClF3N4O2/c20-10-1-2-11-12(7-10)18(29-15(11)16-17(24)28-16)3-5-27(6-4-18)9-14-25-8-13(26-14)19(21,22)23/h1-2,7-8,15-17H,3-6,9,24H2,(H,25,26). The molecule has 2 aromatic rings. The summed E-state index contributed by atoms with van der Waals surface area (Å²) in [6.45, 7) is 1.66. The number of benzene rings is 1. The van der Waals surface area contributed by atoms with E-state index in [1.165, 1.54) is 0 Å². The molecule has 3 N–H and O–H groups in total. The molecule has 5 rings (SSSR count). The van der Waals surface area contributed by atoms with Crippen molar-refractivity contribution in [2.24, 2.45) is 5.73 Å². The number of halogens is 4. The molecule has 1 aromatic carbocycles. The van der Waals surface area contributed by atoms with Gasteiger partial charge < -0.3 is 20.2 Å². The third-order valence-electron chi connectivity index (χ3n) is 6.00. The first-order valence-electron chi connectivity index (χ1n) is 9.47. The Balaban J connectivity index is 1.31. The summed E-state index contributed by atoms with van der Waals surface area (Å²) >= 11 is 6.25. The Labute approximate surface area is 170 Å². The van der Waals surface area contributed by atoms with Crippen molar-refractivity contribution < 1.29 is 22.6 Å². The van der Waals surface area contributed by atoms with E-state index >= 15 is 0 Å². The van der Waals surface area contributed by atoms with Crippen LogP contribution < -0.4 is 5.73 Å². The van der Waals surface area contributed by atoms with E-state index in [-0.39, 0.29) is 18.4 Å². The van der Waals surface area contributed by atoms with Crippen molar-refractivity contribution in [1.29, 1.82) is 0 Å². The zero-order valence-electron chi connectivity index (χ0n) is 15.4. The van der Waals surface area contributed by atoms with Crippen LogP contribution in [0.15, 0.2) is 24.4 Å². The van der Waals surface area contributed by atoms with E-state index in [0.29, 0.717) is 43.3 Å². The van der Waals surface area contributed by atoms with Gasteiger partial charge in [-0.3, -0.25) is 4.90 Å². The van der Waals surface area contributed by atoms with E-state index in [4.69, 9.17) is 26.8 Å². The first-order valence-corrected chi connectivity index (χ1v) is 9.85. The Morgan fingerprint density at radius 1 is 1.31 bits per heavy atom. The minimum Gasteiger partial charge on any atom is -0.359 e. The number of H-pyrrole nitrogens is 1. The van der Waals surface area contributed by atoms with Crippen LogP contribution in [0, 0.1) is 0 Å². The summed E-state index contributed by atoms with van der Waals surface area (Å²) in [6, 6.07) is 5.76. The Hall–Kier alpha value is -1.65.